The van der Waals surface area contributed by atoms with E-state index in [4.69, 9.17) is 10.5 Å². The normalized spacial score (nSPS) is 31.0. The van der Waals surface area contributed by atoms with Gasteiger partial charge in [-0.2, -0.15) is 0 Å². The molecule has 0 aromatic carbocycles. The predicted octanol–water partition coefficient (Wildman–Crippen LogP) is 1.40. The van der Waals surface area contributed by atoms with Crippen LogP contribution in [0.4, 0.5) is 8.78 Å². The number of rotatable bonds is 3. The molecule has 1 rings (SSSR count). The van der Waals surface area contributed by atoms with Gasteiger partial charge in [0, 0.05) is 13.0 Å². The van der Waals surface area contributed by atoms with Crippen LogP contribution in [0.15, 0.2) is 0 Å². The highest BCUT2D eigenvalue weighted by Crippen LogP contribution is 2.31. The second-order valence-electron chi connectivity index (χ2n) is 3.39. The second kappa shape index (κ2) is 3.66. The van der Waals surface area contributed by atoms with Crippen molar-refractivity contribution in [2.75, 3.05) is 13.2 Å². The molecule has 1 aliphatic heterocycles. The highest BCUT2D eigenvalue weighted by molar-refractivity contribution is 4.79. The van der Waals surface area contributed by atoms with Gasteiger partial charge in [-0.1, -0.05) is 0 Å². The Hall–Kier alpha value is -0.220. The van der Waals surface area contributed by atoms with Crippen LogP contribution in [0.3, 0.4) is 0 Å². The molecule has 0 saturated carbocycles. The van der Waals surface area contributed by atoms with E-state index in [1.165, 1.54) is 0 Å². The third-order valence-corrected chi connectivity index (χ3v) is 2.39. The summed E-state index contributed by atoms with van der Waals surface area (Å²) in [7, 11) is 0. The molecule has 0 aliphatic carbocycles. The molecule has 2 nitrogen and oxygen atoms in total. The van der Waals surface area contributed by atoms with Crippen LogP contribution >= 0.6 is 0 Å². The van der Waals surface area contributed by atoms with Gasteiger partial charge in [0.2, 0.25) is 0 Å². The van der Waals surface area contributed by atoms with Gasteiger partial charge in [0.1, 0.15) is 0 Å². The SMILES string of the molecule is CC1OCCC1CC(F)(F)CN. The Morgan fingerprint density at radius 1 is 1.58 bits per heavy atom. The molecule has 0 bridgehead atoms. The van der Waals surface area contributed by atoms with E-state index >= 15 is 0 Å². The zero-order chi connectivity index (χ0) is 9.19. The highest BCUT2D eigenvalue weighted by Gasteiger charge is 2.35. The minimum absolute atomic E-state index is 0.0245. The molecule has 0 aromatic rings. The summed E-state index contributed by atoms with van der Waals surface area (Å²) in [6.07, 6.45) is 0.559. The van der Waals surface area contributed by atoms with Crippen LogP contribution in [0, 0.1) is 5.92 Å². The maximum Gasteiger partial charge on any atom is 0.260 e. The Morgan fingerprint density at radius 2 is 2.25 bits per heavy atom. The van der Waals surface area contributed by atoms with E-state index < -0.39 is 12.5 Å². The summed E-state index contributed by atoms with van der Waals surface area (Å²) < 4.78 is 30.8. The maximum atomic E-state index is 12.8. The van der Waals surface area contributed by atoms with Crippen molar-refractivity contribution in [3.63, 3.8) is 0 Å². The molecule has 0 amide bonds. The molecule has 4 heteroatoms. The van der Waals surface area contributed by atoms with Crippen molar-refractivity contribution in [3.05, 3.63) is 0 Å². The van der Waals surface area contributed by atoms with Gasteiger partial charge < -0.3 is 10.5 Å². The van der Waals surface area contributed by atoms with Crippen LogP contribution in [-0.2, 0) is 4.74 Å². The third kappa shape index (κ3) is 2.38. The summed E-state index contributed by atoms with van der Waals surface area (Å²) in [5, 5.41) is 0. The van der Waals surface area contributed by atoms with Crippen molar-refractivity contribution in [3.8, 4) is 0 Å². The van der Waals surface area contributed by atoms with Crippen molar-refractivity contribution >= 4 is 0 Å². The summed E-state index contributed by atoms with van der Waals surface area (Å²) in [5.41, 5.74) is 4.94. The lowest BCUT2D eigenvalue weighted by atomic mass is 9.95. The lowest BCUT2D eigenvalue weighted by Crippen LogP contribution is -2.32. The number of halogens is 2. The fourth-order valence-corrected chi connectivity index (χ4v) is 1.51. The van der Waals surface area contributed by atoms with Gasteiger partial charge >= 0.3 is 0 Å². The van der Waals surface area contributed by atoms with Gasteiger partial charge in [-0.3, -0.25) is 0 Å². The van der Waals surface area contributed by atoms with Crippen molar-refractivity contribution in [1.82, 2.24) is 0 Å². The molecule has 2 atom stereocenters. The topological polar surface area (TPSA) is 35.2 Å². The molecule has 0 aromatic heterocycles. The van der Waals surface area contributed by atoms with Crippen LogP contribution in [0.1, 0.15) is 19.8 Å². The van der Waals surface area contributed by atoms with Crippen LogP contribution in [0.5, 0.6) is 0 Å². The Morgan fingerprint density at radius 3 is 2.67 bits per heavy atom. The summed E-state index contributed by atoms with van der Waals surface area (Å²) in [4.78, 5) is 0. The van der Waals surface area contributed by atoms with Gasteiger partial charge in [0.25, 0.3) is 5.92 Å². The first kappa shape index (κ1) is 9.86. The van der Waals surface area contributed by atoms with Crippen LogP contribution in [0.25, 0.3) is 0 Å². The average molecular weight is 179 g/mol. The number of ether oxygens (including phenoxy) is 1. The van der Waals surface area contributed by atoms with Crippen molar-refractivity contribution in [1.29, 1.82) is 0 Å². The van der Waals surface area contributed by atoms with E-state index in [1.54, 1.807) is 0 Å². The van der Waals surface area contributed by atoms with E-state index in [-0.39, 0.29) is 18.4 Å². The molecule has 12 heavy (non-hydrogen) atoms. The maximum absolute atomic E-state index is 12.8. The van der Waals surface area contributed by atoms with Crippen LogP contribution < -0.4 is 5.73 Å². The van der Waals surface area contributed by atoms with Gasteiger partial charge in [0.05, 0.1) is 12.6 Å². The third-order valence-electron chi connectivity index (χ3n) is 2.39. The molecule has 0 radical (unpaired) electrons. The lowest BCUT2D eigenvalue weighted by molar-refractivity contribution is -0.0238. The standard InChI is InChI=1S/C8H15F2NO/c1-6-7(2-3-12-6)4-8(9,10)5-11/h6-7H,2-5,11H2,1H3. The minimum atomic E-state index is -2.72. The van der Waals surface area contributed by atoms with Gasteiger partial charge in [-0.05, 0) is 19.3 Å². The van der Waals surface area contributed by atoms with E-state index in [9.17, 15) is 8.78 Å². The first-order valence-corrected chi connectivity index (χ1v) is 4.24. The molecule has 1 aliphatic rings. The number of hydrogen-bond acceptors (Lipinski definition) is 2. The molecule has 72 valence electrons. The van der Waals surface area contributed by atoms with Gasteiger partial charge in [-0.25, -0.2) is 8.78 Å². The average Bonchev–Trinajstić information content (AvgIpc) is 2.36. The van der Waals surface area contributed by atoms with E-state index in [0.29, 0.717) is 6.61 Å². The van der Waals surface area contributed by atoms with Crippen molar-refractivity contribution in [2.24, 2.45) is 11.7 Å². The molecule has 2 unspecified atom stereocenters. The van der Waals surface area contributed by atoms with Gasteiger partial charge in [0.15, 0.2) is 0 Å². The number of hydrogen-bond donors (Lipinski definition) is 1. The fourth-order valence-electron chi connectivity index (χ4n) is 1.51. The predicted molar refractivity (Wildman–Crippen MR) is 42.1 cm³/mol. The Balaban J connectivity index is 2.39. The number of nitrogens with two attached hydrogens (primary N) is 1. The van der Waals surface area contributed by atoms with E-state index in [0.717, 1.165) is 6.42 Å². The molecule has 0 spiro atoms. The Kier molecular flexibility index (Phi) is 3.01. The summed E-state index contributed by atoms with van der Waals surface area (Å²) >= 11 is 0. The summed E-state index contributed by atoms with van der Waals surface area (Å²) in [5.74, 6) is -2.74. The largest absolute Gasteiger partial charge is 0.378 e. The first-order valence-electron chi connectivity index (χ1n) is 4.24. The second-order valence-corrected chi connectivity index (χ2v) is 3.39. The van der Waals surface area contributed by atoms with Crippen molar-refractivity contribution < 1.29 is 13.5 Å². The Bertz CT molecular complexity index is 152. The smallest absolute Gasteiger partial charge is 0.260 e. The van der Waals surface area contributed by atoms with Gasteiger partial charge in [-0.15, -0.1) is 0 Å². The molecular formula is C8H15F2NO. The van der Waals surface area contributed by atoms with E-state index in [1.807, 2.05) is 6.92 Å². The monoisotopic (exact) mass is 179 g/mol. The fraction of sp³-hybridized carbons (Fsp3) is 1.00. The molecule has 1 saturated heterocycles. The molecule has 2 N–H and O–H groups in total. The summed E-state index contributed by atoms with van der Waals surface area (Å²) in [6.45, 7) is 1.88. The van der Waals surface area contributed by atoms with Crippen LogP contribution in [0.2, 0.25) is 0 Å². The quantitative estimate of drug-likeness (QED) is 0.710. The highest BCUT2D eigenvalue weighted by atomic mass is 19.3. The molecular weight excluding hydrogens is 164 g/mol. The van der Waals surface area contributed by atoms with E-state index in [2.05, 4.69) is 0 Å². The molecule has 1 heterocycles. The zero-order valence-electron chi connectivity index (χ0n) is 7.22. The van der Waals surface area contributed by atoms with Crippen LogP contribution in [-0.4, -0.2) is 25.2 Å². The summed E-state index contributed by atoms with van der Waals surface area (Å²) in [6, 6.07) is 0. The number of alkyl halides is 2. The lowest BCUT2D eigenvalue weighted by Gasteiger charge is -2.20. The Labute approximate surface area is 71.1 Å². The molecule has 1 fully saturated rings. The zero-order valence-corrected chi connectivity index (χ0v) is 7.22. The van der Waals surface area contributed by atoms with Crippen molar-refractivity contribution in [2.45, 2.75) is 31.8 Å². The first-order chi connectivity index (χ1) is 5.55. The minimum Gasteiger partial charge on any atom is -0.378 e.